The van der Waals surface area contributed by atoms with Crippen molar-refractivity contribution in [1.82, 2.24) is 4.90 Å². The van der Waals surface area contributed by atoms with Crippen molar-refractivity contribution in [2.75, 3.05) is 19.8 Å². The van der Waals surface area contributed by atoms with Crippen molar-refractivity contribution in [3.8, 4) is 5.75 Å². The largest absolute Gasteiger partial charge is 0.484 e. The third kappa shape index (κ3) is 3.97. The number of rotatable bonds is 5. The zero-order valence-corrected chi connectivity index (χ0v) is 12.0. The molecule has 1 heterocycles. The van der Waals surface area contributed by atoms with Gasteiger partial charge in [0.25, 0.3) is 5.91 Å². The van der Waals surface area contributed by atoms with E-state index in [4.69, 9.17) is 9.84 Å². The molecule has 1 fully saturated rings. The van der Waals surface area contributed by atoms with Crippen LogP contribution in [0.15, 0.2) is 24.3 Å². The summed E-state index contributed by atoms with van der Waals surface area (Å²) in [6.45, 7) is 2.98. The van der Waals surface area contributed by atoms with Crippen molar-refractivity contribution in [2.24, 2.45) is 0 Å². The number of amides is 1. The summed E-state index contributed by atoms with van der Waals surface area (Å²) in [4.78, 5) is 14.1. The molecule has 1 unspecified atom stereocenters. The molecule has 4 heteroatoms. The maximum absolute atomic E-state index is 12.3. The number of aryl methyl sites for hydroxylation is 1. The molecule has 110 valence electrons. The Kier molecular flexibility index (Phi) is 5.41. The lowest BCUT2D eigenvalue weighted by Crippen LogP contribution is -2.46. The summed E-state index contributed by atoms with van der Waals surface area (Å²) in [5.74, 6) is 0.749. The van der Waals surface area contributed by atoms with E-state index in [1.807, 2.05) is 36.1 Å². The number of aliphatic hydroxyl groups excluding tert-OH is 1. The number of nitrogens with zero attached hydrogens (tertiary/aromatic N) is 1. The maximum atomic E-state index is 12.3. The summed E-state index contributed by atoms with van der Waals surface area (Å²) in [7, 11) is 0. The molecule has 4 nitrogen and oxygen atoms in total. The molecule has 0 saturated carbocycles. The van der Waals surface area contributed by atoms with E-state index in [2.05, 4.69) is 0 Å². The van der Waals surface area contributed by atoms with Crippen LogP contribution in [0.5, 0.6) is 5.75 Å². The number of ether oxygens (including phenoxy) is 1. The molecule has 1 aliphatic heterocycles. The Bertz CT molecular complexity index is 445. The van der Waals surface area contributed by atoms with Crippen LogP contribution in [0, 0.1) is 6.92 Å². The van der Waals surface area contributed by atoms with Crippen LogP contribution in [0.1, 0.15) is 31.2 Å². The molecule has 20 heavy (non-hydrogen) atoms. The molecule has 0 radical (unpaired) electrons. The molecular weight excluding hydrogens is 254 g/mol. The number of carbonyl (C=O) groups excluding carboxylic acids is 1. The summed E-state index contributed by atoms with van der Waals surface area (Å²) in [6.07, 6.45) is 3.82. The molecule has 1 aromatic carbocycles. The van der Waals surface area contributed by atoms with Crippen molar-refractivity contribution < 1.29 is 14.6 Å². The first kappa shape index (κ1) is 14.9. The molecule has 0 bridgehead atoms. The highest BCUT2D eigenvalue weighted by Gasteiger charge is 2.26. The summed E-state index contributed by atoms with van der Waals surface area (Å²) < 4.78 is 5.57. The van der Waals surface area contributed by atoms with E-state index in [9.17, 15) is 4.79 Å². The normalized spacial score (nSPS) is 18.9. The summed E-state index contributed by atoms with van der Waals surface area (Å²) in [5.41, 5.74) is 1.12. The van der Waals surface area contributed by atoms with Crippen LogP contribution in [0.25, 0.3) is 0 Å². The van der Waals surface area contributed by atoms with Gasteiger partial charge >= 0.3 is 0 Å². The Morgan fingerprint density at radius 1 is 1.45 bits per heavy atom. The average Bonchev–Trinajstić information content (AvgIpc) is 2.46. The predicted octanol–water partition coefficient (Wildman–Crippen LogP) is 2.14. The lowest BCUT2D eigenvalue weighted by molar-refractivity contribution is -0.137. The highest BCUT2D eigenvalue weighted by Crippen LogP contribution is 2.20. The van der Waals surface area contributed by atoms with E-state index < -0.39 is 0 Å². The molecule has 0 spiro atoms. The minimum Gasteiger partial charge on any atom is -0.484 e. The molecule has 1 aromatic rings. The van der Waals surface area contributed by atoms with E-state index >= 15 is 0 Å². The number of hydrogen-bond acceptors (Lipinski definition) is 3. The second-order valence-electron chi connectivity index (χ2n) is 5.35. The van der Waals surface area contributed by atoms with Crippen LogP contribution in [-0.4, -0.2) is 41.7 Å². The lowest BCUT2D eigenvalue weighted by Gasteiger charge is -2.35. The van der Waals surface area contributed by atoms with Gasteiger partial charge in [0.2, 0.25) is 0 Å². The van der Waals surface area contributed by atoms with Gasteiger partial charge in [0.15, 0.2) is 6.61 Å². The standard InChI is InChI=1S/C16H23NO3/c1-13-5-4-7-15(11-13)20-12-16(19)17-9-3-2-6-14(17)8-10-18/h4-5,7,11,14,18H,2-3,6,8-10,12H2,1H3. The maximum Gasteiger partial charge on any atom is 0.260 e. The second kappa shape index (κ2) is 7.29. The van der Waals surface area contributed by atoms with E-state index in [-0.39, 0.29) is 25.2 Å². The van der Waals surface area contributed by atoms with Crippen molar-refractivity contribution in [2.45, 2.75) is 38.6 Å². The van der Waals surface area contributed by atoms with Crippen LogP contribution >= 0.6 is 0 Å². The minimum atomic E-state index is 0.0182. The number of piperidine rings is 1. The van der Waals surface area contributed by atoms with Gasteiger partial charge in [0, 0.05) is 19.2 Å². The molecule has 1 aliphatic rings. The van der Waals surface area contributed by atoms with Crippen molar-refractivity contribution in [3.63, 3.8) is 0 Å². The fourth-order valence-corrected chi connectivity index (χ4v) is 2.71. The van der Waals surface area contributed by atoms with Gasteiger partial charge < -0.3 is 14.7 Å². The zero-order chi connectivity index (χ0) is 14.4. The fourth-order valence-electron chi connectivity index (χ4n) is 2.71. The first-order chi connectivity index (χ1) is 9.70. The molecule has 0 aliphatic carbocycles. The van der Waals surface area contributed by atoms with Gasteiger partial charge in [-0.25, -0.2) is 0 Å². The van der Waals surface area contributed by atoms with Gasteiger partial charge in [-0.15, -0.1) is 0 Å². The predicted molar refractivity (Wildman–Crippen MR) is 77.7 cm³/mol. The number of carbonyl (C=O) groups is 1. The van der Waals surface area contributed by atoms with Gasteiger partial charge in [-0.05, 0) is 50.3 Å². The number of benzene rings is 1. The smallest absolute Gasteiger partial charge is 0.260 e. The topological polar surface area (TPSA) is 49.8 Å². The Morgan fingerprint density at radius 2 is 2.30 bits per heavy atom. The third-order valence-corrected chi connectivity index (χ3v) is 3.76. The summed E-state index contributed by atoms with van der Waals surface area (Å²) in [6, 6.07) is 7.87. The van der Waals surface area contributed by atoms with Crippen molar-refractivity contribution >= 4 is 5.91 Å². The lowest BCUT2D eigenvalue weighted by atomic mass is 9.99. The number of aliphatic hydroxyl groups is 1. The molecule has 1 amide bonds. The highest BCUT2D eigenvalue weighted by atomic mass is 16.5. The third-order valence-electron chi connectivity index (χ3n) is 3.76. The summed E-state index contributed by atoms with van der Waals surface area (Å²) in [5, 5.41) is 9.09. The van der Waals surface area contributed by atoms with Gasteiger partial charge in [-0.3, -0.25) is 4.79 Å². The Balaban J connectivity index is 1.89. The first-order valence-electron chi connectivity index (χ1n) is 7.30. The molecule has 1 atom stereocenters. The Morgan fingerprint density at radius 3 is 3.05 bits per heavy atom. The molecular formula is C16H23NO3. The highest BCUT2D eigenvalue weighted by molar-refractivity contribution is 5.78. The minimum absolute atomic E-state index is 0.0182. The van der Waals surface area contributed by atoms with Gasteiger partial charge in [0.05, 0.1) is 0 Å². The Hall–Kier alpha value is -1.55. The quantitative estimate of drug-likeness (QED) is 0.897. The summed E-state index contributed by atoms with van der Waals surface area (Å²) >= 11 is 0. The van der Waals surface area contributed by atoms with Crippen molar-refractivity contribution in [3.05, 3.63) is 29.8 Å². The second-order valence-corrected chi connectivity index (χ2v) is 5.35. The van der Waals surface area contributed by atoms with Crippen LogP contribution in [0.2, 0.25) is 0 Å². The monoisotopic (exact) mass is 277 g/mol. The Labute approximate surface area is 120 Å². The van der Waals surface area contributed by atoms with Crippen LogP contribution in [-0.2, 0) is 4.79 Å². The van der Waals surface area contributed by atoms with E-state index in [0.717, 1.165) is 37.1 Å². The van der Waals surface area contributed by atoms with Crippen LogP contribution in [0.3, 0.4) is 0 Å². The molecule has 0 aromatic heterocycles. The average molecular weight is 277 g/mol. The van der Waals surface area contributed by atoms with E-state index in [0.29, 0.717) is 6.42 Å². The SMILES string of the molecule is Cc1cccc(OCC(=O)N2CCCCC2CCO)c1. The number of likely N-dealkylation sites (tertiary alicyclic amines) is 1. The zero-order valence-electron chi connectivity index (χ0n) is 12.0. The molecule has 2 rings (SSSR count). The van der Waals surface area contributed by atoms with Gasteiger partial charge in [0.1, 0.15) is 5.75 Å². The first-order valence-corrected chi connectivity index (χ1v) is 7.30. The van der Waals surface area contributed by atoms with Crippen molar-refractivity contribution in [1.29, 1.82) is 0 Å². The molecule has 1 N–H and O–H groups in total. The van der Waals surface area contributed by atoms with Gasteiger partial charge in [-0.2, -0.15) is 0 Å². The van der Waals surface area contributed by atoms with E-state index in [1.165, 1.54) is 0 Å². The fraction of sp³-hybridized carbons (Fsp3) is 0.562. The van der Waals surface area contributed by atoms with Crippen LogP contribution < -0.4 is 4.74 Å². The van der Waals surface area contributed by atoms with E-state index in [1.54, 1.807) is 0 Å². The molecule has 1 saturated heterocycles. The number of hydrogen-bond donors (Lipinski definition) is 1. The van der Waals surface area contributed by atoms with Crippen LogP contribution in [0.4, 0.5) is 0 Å². The van der Waals surface area contributed by atoms with Gasteiger partial charge in [-0.1, -0.05) is 12.1 Å².